The third kappa shape index (κ3) is 5.53. The molecule has 3 nitrogen and oxygen atoms in total. The summed E-state index contributed by atoms with van der Waals surface area (Å²) in [6, 6.07) is 86.4. The van der Waals surface area contributed by atoms with Crippen molar-refractivity contribution < 1.29 is 0 Å². The zero-order valence-corrected chi connectivity index (χ0v) is 34.4. The molecule has 3 aromatic heterocycles. The molecule has 0 bridgehead atoms. The number of aromatic nitrogens is 3. The Balaban J connectivity index is 0.979. The fourth-order valence-electron chi connectivity index (χ4n) is 10.2. The van der Waals surface area contributed by atoms with Gasteiger partial charge in [0.25, 0.3) is 0 Å². The van der Waals surface area contributed by atoms with Gasteiger partial charge in [-0.05, 0) is 113 Å². The maximum Gasteiger partial charge on any atom is 0.0542 e. The lowest BCUT2D eigenvalue weighted by atomic mass is 9.99. The quantitative estimate of drug-likeness (QED) is 0.159. The highest BCUT2D eigenvalue weighted by molar-refractivity contribution is 6.14. The number of nitrogens with zero attached hydrogens (tertiary/aromatic N) is 3. The first-order valence-electron chi connectivity index (χ1n) is 21.7. The molecule has 294 valence electrons. The molecule has 0 saturated heterocycles. The van der Waals surface area contributed by atoms with E-state index in [1.165, 1.54) is 104 Å². The average molecular weight is 802 g/mol. The van der Waals surface area contributed by atoms with Crippen LogP contribution in [0.5, 0.6) is 0 Å². The largest absolute Gasteiger partial charge is 0.309 e. The zero-order chi connectivity index (χ0) is 41.4. The van der Waals surface area contributed by atoms with Gasteiger partial charge in [-0.25, -0.2) is 0 Å². The van der Waals surface area contributed by atoms with E-state index in [-0.39, 0.29) is 0 Å². The highest BCUT2D eigenvalue weighted by Crippen LogP contribution is 2.41. The van der Waals surface area contributed by atoms with Crippen molar-refractivity contribution >= 4 is 65.4 Å². The third-order valence-electron chi connectivity index (χ3n) is 13.0. The molecule has 0 radical (unpaired) electrons. The van der Waals surface area contributed by atoms with E-state index in [0.717, 1.165) is 11.4 Å². The van der Waals surface area contributed by atoms with Crippen molar-refractivity contribution in [3.63, 3.8) is 0 Å². The van der Waals surface area contributed by atoms with E-state index in [4.69, 9.17) is 0 Å². The molecule has 0 N–H and O–H groups in total. The average Bonchev–Trinajstić information content (AvgIpc) is 3.99. The van der Waals surface area contributed by atoms with E-state index in [2.05, 4.69) is 250 Å². The van der Waals surface area contributed by atoms with Crippen molar-refractivity contribution in [3.05, 3.63) is 237 Å². The first kappa shape index (κ1) is 35.4. The van der Waals surface area contributed by atoms with Crippen LogP contribution in [0.2, 0.25) is 0 Å². The smallest absolute Gasteiger partial charge is 0.0542 e. The number of para-hydroxylation sites is 4. The number of rotatable bonds is 6. The van der Waals surface area contributed by atoms with Crippen LogP contribution in [0, 0.1) is 0 Å². The molecular weight excluding hydrogens is 763 g/mol. The van der Waals surface area contributed by atoms with E-state index in [1.54, 1.807) is 0 Å². The van der Waals surface area contributed by atoms with Crippen LogP contribution in [0.1, 0.15) is 0 Å². The van der Waals surface area contributed by atoms with Crippen molar-refractivity contribution in [2.24, 2.45) is 0 Å². The van der Waals surface area contributed by atoms with Crippen molar-refractivity contribution in [2.75, 3.05) is 0 Å². The summed E-state index contributed by atoms with van der Waals surface area (Å²) in [4.78, 5) is 0. The summed E-state index contributed by atoms with van der Waals surface area (Å²) >= 11 is 0. The van der Waals surface area contributed by atoms with Gasteiger partial charge < -0.3 is 13.7 Å². The molecule has 3 heterocycles. The molecule has 0 fully saturated rings. The topological polar surface area (TPSA) is 14.8 Å². The molecule has 13 rings (SSSR count). The summed E-state index contributed by atoms with van der Waals surface area (Å²) < 4.78 is 7.28. The molecular formula is C60H39N3. The van der Waals surface area contributed by atoms with Crippen LogP contribution in [-0.2, 0) is 0 Å². The fraction of sp³-hybridized carbons (Fsp3) is 0. The van der Waals surface area contributed by atoms with Crippen LogP contribution in [0.25, 0.3) is 116 Å². The molecule has 0 amide bonds. The van der Waals surface area contributed by atoms with Gasteiger partial charge in [0, 0.05) is 49.3 Å². The second-order valence-electron chi connectivity index (χ2n) is 16.5. The van der Waals surface area contributed by atoms with Crippen molar-refractivity contribution in [2.45, 2.75) is 0 Å². The minimum absolute atomic E-state index is 1.14. The SMILES string of the molecule is c1ccc(-c2ccc3c(c2)c2cc(-c4ccc5c(c4)c4ccccc4n5-c4ccc5c(c4)c4ccccc4n5-c4ccccc4-c4ccccc4)ccc2n3-c2ccccc2)cc1. The predicted octanol–water partition coefficient (Wildman–Crippen LogP) is 16.0. The van der Waals surface area contributed by atoms with Gasteiger partial charge in [0.15, 0.2) is 0 Å². The summed E-state index contributed by atoms with van der Waals surface area (Å²) in [5, 5.41) is 7.43. The summed E-state index contributed by atoms with van der Waals surface area (Å²) in [5.74, 6) is 0. The van der Waals surface area contributed by atoms with Crippen LogP contribution < -0.4 is 0 Å². The molecule has 0 aliphatic heterocycles. The van der Waals surface area contributed by atoms with Crippen LogP contribution in [-0.4, -0.2) is 13.7 Å². The molecule has 0 atom stereocenters. The zero-order valence-electron chi connectivity index (χ0n) is 34.4. The summed E-state index contributed by atoms with van der Waals surface area (Å²) in [6.45, 7) is 0. The lowest BCUT2D eigenvalue weighted by molar-refractivity contribution is 1.17. The normalized spacial score (nSPS) is 11.8. The van der Waals surface area contributed by atoms with Crippen LogP contribution in [0.15, 0.2) is 237 Å². The van der Waals surface area contributed by atoms with Gasteiger partial charge in [-0.3, -0.25) is 0 Å². The Hall–Kier alpha value is -8.40. The highest BCUT2D eigenvalue weighted by Gasteiger charge is 2.20. The maximum atomic E-state index is 2.44. The molecule has 0 unspecified atom stereocenters. The van der Waals surface area contributed by atoms with E-state index in [0.29, 0.717) is 0 Å². The van der Waals surface area contributed by atoms with Crippen molar-refractivity contribution in [1.82, 2.24) is 13.7 Å². The molecule has 3 heteroatoms. The Morgan fingerprint density at radius 2 is 0.603 bits per heavy atom. The number of benzene rings is 10. The van der Waals surface area contributed by atoms with Crippen LogP contribution in [0.4, 0.5) is 0 Å². The third-order valence-corrected chi connectivity index (χ3v) is 13.0. The van der Waals surface area contributed by atoms with Crippen molar-refractivity contribution in [3.8, 4) is 50.4 Å². The number of hydrogen-bond acceptors (Lipinski definition) is 0. The lowest BCUT2D eigenvalue weighted by Crippen LogP contribution is -1.98. The summed E-state index contributed by atoms with van der Waals surface area (Å²) in [5.41, 5.74) is 17.9. The number of fused-ring (bicyclic) bond motifs is 9. The van der Waals surface area contributed by atoms with E-state index < -0.39 is 0 Å². The first-order valence-corrected chi connectivity index (χ1v) is 21.7. The maximum absolute atomic E-state index is 2.44. The standard InChI is InChI=1S/C60H39N3/c1-4-16-40(17-5-1)42-28-32-58-51(36-42)52-38-44(30-34-59(52)61(58)45-20-8-3-9-21-45)43-29-33-57-50(37-43)48-23-11-14-26-55(48)62(57)46-31-35-60-53(39-46)49-24-12-15-27-56(49)63(60)54-25-13-10-22-47(54)41-18-6-2-7-19-41/h1-39H. The Bertz CT molecular complexity index is 3890. The van der Waals surface area contributed by atoms with E-state index in [1.807, 2.05) is 0 Å². The Kier molecular flexibility index (Phi) is 7.91. The Labute approximate surface area is 364 Å². The first-order chi connectivity index (χ1) is 31.3. The molecule has 0 aliphatic rings. The monoisotopic (exact) mass is 801 g/mol. The second kappa shape index (κ2) is 14.1. The molecule has 10 aromatic carbocycles. The van der Waals surface area contributed by atoms with Gasteiger partial charge in [-0.15, -0.1) is 0 Å². The lowest BCUT2D eigenvalue weighted by Gasteiger charge is -2.14. The van der Waals surface area contributed by atoms with Gasteiger partial charge >= 0.3 is 0 Å². The Morgan fingerprint density at radius 1 is 0.206 bits per heavy atom. The van der Waals surface area contributed by atoms with Crippen LogP contribution in [0.3, 0.4) is 0 Å². The van der Waals surface area contributed by atoms with Gasteiger partial charge in [0.2, 0.25) is 0 Å². The minimum atomic E-state index is 1.14. The van der Waals surface area contributed by atoms with Crippen molar-refractivity contribution in [1.29, 1.82) is 0 Å². The van der Waals surface area contributed by atoms with Gasteiger partial charge in [0.1, 0.15) is 0 Å². The van der Waals surface area contributed by atoms with E-state index >= 15 is 0 Å². The highest BCUT2D eigenvalue weighted by atomic mass is 15.0. The molecule has 0 saturated carbocycles. The fourth-order valence-corrected chi connectivity index (χ4v) is 10.2. The minimum Gasteiger partial charge on any atom is -0.309 e. The Morgan fingerprint density at radius 3 is 1.22 bits per heavy atom. The predicted molar refractivity (Wildman–Crippen MR) is 266 cm³/mol. The van der Waals surface area contributed by atoms with Gasteiger partial charge in [-0.2, -0.15) is 0 Å². The van der Waals surface area contributed by atoms with E-state index in [9.17, 15) is 0 Å². The number of hydrogen-bond donors (Lipinski definition) is 0. The molecule has 0 spiro atoms. The summed E-state index contributed by atoms with van der Waals surface area (Å²) in [7, 11) is 0. The molecule has 13 aromatic rings. The molecule has 0 aliphatic carbocycles. The van der Waals surface area contributed by atoms with Crippen LogP contribution >= 0.6 is 0 Å². The molecule has 63 heavy (non-hydrogen) atoms. The van der Waals surface area contributed by atoms with Gasteiger partial charge in [-0.1, -0.05) is 152 Å². The second-order valence-corrected chi connectivity index (χ2v) is 16.5. The summed E-state index contributed by atoms with van der Waals surface area (Å²) in [6.07, 6.45) is 0. The van der Waals surface area contributed by atoms with Gasteiger partial charge in [0.05, 0.1) is 38.8 Å².